The Balaban J connectivity index is 5.12. The van der Waals surface area contributed by atoms with E-state index in [0.717, 1.165) is 25.9 Å². The van der Waals surface area contributed by atoms with Crippen LogP contribution in [-0.4, -0.2) is 37.1 Å². The third-order valence-electron chi connectivity index (χ3n) is 3.51. The normalized spacial score (nSPS) is 12.8. The molecule has 0 aliphatic heterocycles. The van der Waals surface area contributed by atoms with Gasteiger partial charge in [-0.1, -0.05) is 38.3 Å². The maximum atomic E-state index is 4.59. The van der Waals surface area contributed by atoms with E-state index in [9.17, 15) is 0 Å². The molecule has 0 fully saturated rings. The summed E-state index contributed by atoms with van der Waals surface area (Å²) in [5.74, 6) is 0. The van der Waals surface area contributed by atoms with Crippen LogP contribution >= 0.6 is 0 Å². The van der Waals surface area contributed by atoms with Crippen molar-refractivity contribution in [2.75, 3.05) is 13.1 Å². The largest absolute Gasteiger partial charge is 0.466 e. The highest BCUT2D eigenvalue weighted by atomic mass is 27.2. The lowest BCUT2D eigenvalue weighted by molar-refractivity contribution is 0.533. The first-order valence-electron chi connectivity index (χ1n) is 7.68. The first-order chi connectivity index (χ1) is 8.68. The third kappa shape index (κ3) is 5.59. The van der Waals surface area contributed by atoms with Gasteiger partial charge in [-0.15, -0.1) is 0 Å². The van der Waals surface area contributed by atoms with Crippen molar-refractivity contribution in [3.05, 3.63) is 11.8 Å². The summed E-state index contributed by atoms with van der Waals surface area (Å²) in [6, 6.07) is 0. The summed E-state index contributed by atoms with van der Waals surface area (Å²) in [4.78, 5) is 4.59. The molecule has 0 radical (unpaired) electrons. The number of hydrogen-bond donors (Lipinski definition) is 0. The van der Waals surface area contributed by atoms with E-state index in [1.165, 1.54) is 22.0 Å². The van der Waals surface area contributed by atoms with Gasteiger partial charge in [0.1, 0.15) is 0 Å². The number of rotatable bonds is 9. The van der Waals surface area contributed by atoms with Gasteiger partial charge in [0.15, 0.2) is 0 Å². The van der Waals surface area contributed by atoms with Crippen LogP contribution in [0.3, 0.4) is 0 Å². The zero-order chi connectivity index (χ0) is 14.0. The molecule has 0 aromatic heterocycles. The van der Waals surface area contributed by atoms with Crippen LogP contribution in [0.25, 0.3) is 0 Å². The summed E-state index contributed by atoms with van der Waals surface area (Å²) in [6.45, 7) is 15.6. The fourth-order valence-electron chi connectivity index (χ4n) is 2.47. The molecular formula is C15H31AlN2. The molecule has 104 valence electrons. The Bertz CT molecular complexity index is 268. The van der Waals surface area contributed by atoms with Crippen molar-refractivity contribution in [3.8, 4) is 0 Å². The summed E-state index contributed by atoms with van der Waals surface area (Å²) in [6.07, 6.45) is 4.51. The highest BCUT2D eigenvalue weighted by molar-refractivity contribution is 6.56. The van der Waals surface area contributed by atoms with Crippen molar-refractivity contribution in [3.63, 3.8) is 0 Å². The standard InChI is InChI=1S/C11H21N2.2C2H5.Al/c1-5-10(12-7-3)9-11(6-2)13-8-4;2*1-2;/h9H,5-8H2,1-4H3;2*1H2,2H3;/q-1;;;+1/b10-9-,13-11?;;;. The Labute approximate surface area is 119 Å². The van der Waals surface area contributed by atoms with Crippen molar-refractivity contribution in [1.82, 2.24) is 3.88 Å². The van der Waals surface area contributed by atoms with E-state index in [1.54, 1.807) is 0 Å². The van der Waals surface area contributed by atoms with Gasteiger partial charge in [-0.25, -0.2) is 0 Å². The monoisotopic (exact) mass is 266 g/mol. The van der Waals surface area contributed by atoms with Crippen LogP contribution in [0.5, 0.6) is 0 Å². The SMILES string of the molecule is CCN=C(/C=C(/CC)[N](CC)[Al]([CH2]C)[CH2]C)CC. The van der Waals surface area contributed by atoms with Crippen LogP contribution in [0, 0.1) is 0 Å². The average molecular weight is 266 g/mol. The predicted octanol–water partition coefficient (Wildman–Crippen LogP) is 4.50. The lowest BCUT2D eigenvalue weighted by Gasteiger charge is -2.31. The van der Waals surface area contributed by atoms with E-state index < -0.39 is 14.4 Å². The van der Waals surface area contributed by atoms with E-state index in [1.807, 2.05) is 0 Å². The number of nitrogens with zero attached hydrogens (tertiary/aromatic N) is 2. The van der Waals surface area contributed by atoms with Gasteiger partial charge in [-0.05, 0) is 45.0 Å². The maximum absolute atomic E-state index is 4.59. The topological polar surface area (TPSA) is 15.6 Å². The van der Waals surface area contributed by atoms with E-state index in [2.05, 4.69) is 56.5 Å². The molecule has 0 aromatic rings. The van der Waals surface area contributed by atoms with Crippen LogP contribution in [-0.2, 0) is 0 Å². The smallest absolute Gasteiger partial charge is 0.413 e. The predicted molar refractivity (Wildman–Crippen MR) is 85.7 cm³/mol. The Kier molecular flexibility index (Phi) is 10.5. The summed E-state index contributed by atoms with van der Waals surface area (Å²) in [5.41, 5.74) is 2.76. The molecule has 0 aliphatic carbocycles. The second-order valence-corrected chi connectivity index (χ2v) is 8.13. The second kappa shape index (κ2) is 10.6. The van der Waals surface area contributed by atoms with Crippen LogP contribution in [0.4, 0.5) is 0 Å². The van der Waals surface area contributed by atoms with E-state index in [-0.39, 0.29) is 0 Å². The highest BCUT2D eigenvalue weighted by Gasteiger charge is 2.22. The molecule has 18 heavy (non-hydrogen) atoms. The lowest BCUT2D eigenvalue weighted by atomic mass is 10.2. The fourth-order valence-corrected chi connectivity index (χ4v) is 5.17. The molecule has 0 bridgehead atoms. The van der Waals surface area contributed by atoms with Gasteiger partial charge >= 0.3 is 14.4 Å². The van der Waals surface area contributed by atoms with Gasteiger partial charge in [0.2, 0.25) is 0 Å². The van der Waals surface area contributed by atoms with E-state index >= 15 is 0 Å². The van der Waals surface area contributed by atoms with Crippen LogP contribution in [0.2, 0.25) is 10.6 Å². The van der Waals surface area contributed by atoms with E-state index in [4.69, 9.17) is 0 Å². The average Bonchev–Trinajstić information content (AvgIpc) is 2.41. The summed E-state index contributed by atoms with van der Waals surface area (Å²) in [5, 5.41) is 2.71. The Hall–Kier alpha value is -0.258. The zero-order valence-corrected chi connectivity index (χ0v) is 14.4. The zero-order valence-electron chi connectivity index (χ0n) is 13.3. The molecule has 0 saturated heterocycles. The molecule has 0 atom stereocenters. The third-order valence-corrected chi connectivity index (χ3v) is 6.98. The molecule has 0 saturated carbocycles. The summed E-state index contributed by atoms with van der Waals surface area (Å²) >= 11 is -0.762. The summed E-state index contributed by atoms with van der Waals surface area (Å²) in [7, 11) is 0. The first kappa shape index (κ1) is 17.7. The van der Waals surface area contributed by atoms with Gasteiger partial charge in [0, 0.05) is 12.3 Å². The van der Waals surface area contributed by atoms with Crippen LogP contribution in [0.1, 0.15) is 54.4 Å². The van der Waals surface area contributed by atoms with Crippen LogP contribution in [0.15, 0.2) is 16.8 Å². The molecule has 0 heterocycles. The molecule has 3 heteroatoms. The van der Waals surface area contributed by atoms with Crippen molar-refractivity contribution < 1.29 is 0 Å². The number of allylic oxidation sites excluding steroid dienone is 2. The minimum atomic E-state index is -0.762. The molecule has 0 aliphatic rings. The second-order valence-electron chi connectivity index (χ2n) is 4.56. The molecule has 0 unspecified atom stereocenters. The highest BCUT2D eigenvalue weighted by Crippen LogP contribution is 2.16. The molecule has 0 N–H and O–H groups in total. The molecular weight excluding hydrogens is 235 g/mol. The van der Waals surface area contributed by atoms with Crippen molar-refractivity contribution in [2.45, 2.75) is 64.9 Å². The number of hydrogen-bond acceptors (Lipinski definition) is 2. The van der Waals surface area contributed by atoms with Gasteiger partial charge in [0.05, 0.1) is 0 Å². The van der Waals surface area contributed by atoms with Crippen LogP contribution < -0.4 is 0 Å². The van der Waals surface area contributed by atoms with Crippen molar-refractivity contribution in [1.29, 1.82) is 0 Å². The lowest BCUT2D eigenvalue weighted by Crippen LogP contribution is -2.37. The molecule has 0 rings (SSSR count). The number of aliphatic imine (C=N–C) groups is 1. The van der Waals surface area contributed by atoms with Gasteiger partial charge in [-0.2, -0.15) is 0 Å². The first-order valence-corrected chi connectivity index (χ1v) is 9.83. The molecule has 0 amide bonds. The molecule has 0 aromatic carbocycles. The quantitative estimate of drug-likeness (QED) is 0.443. The van der Waals surface area contributed by atoms with Crippen molar-refractivity contribution in [2.24, 2.45) is 4.99 Å². The molecule has 0 spiro atoms. The van der Waals surface area contributed by atoms with Gasteiger partial charge in [-0.3, -0.25) is 4.99 Å². The van der Waals surface area contributed by atoms with Gasteiger partial charge in [0.25, 0.3) is 0 Å². The fraction of sp³-hybridized carbons (Fsp3) is 0.800. The van der Waals surface area contributed by atoms with Crippen molar-refractivity contribution >= 4 is 20.1 Å². The Morgan fingerprint density at radius 3 is 1.94 bits per heavy atom. The Morgan fingerprint density at radius 1 is 1.00 bits per heavy atom. The minimum Gasteiger partial charge on any atom is -0.466 e. The maximum Gasteiger partial charge on any atom is 0.413 e. The molecule has 2 nitrogen and oxygen atoms in total. The summed E-state index contributed by atoms with van der Waals surface area (Å²) < 4.78 is 2.70. The minimum absolute atomic E-state index is 0.762. The Morgan fingerprint density at radius 2 is 1.61 bits per heavy atom. The van der Waals surface area contributed by atoms with Gasteiger partial charge < -0.3 is 3.88 Å². The van der Waals surface area contributed by atoms with E-state index in [0.29, 0.717) is 0 Å².